The zero-order valence-electron chi connectivity index (χ0n) is 18.7. The van der Waals surface area contributed by atoms with Gasteiger partial charge in [0.1, 0.15) is 19.0 Å². The molecule has 0 aliphatic heterocycles. The number of aromatic nitrogens is 2. The van der Waals surface area contributed by atoms with Crippen LogP contribution in [0.4, 0.5) is 9.18 Å². The van der Waals surface area contributed by atoms with Gasteiger partial charge in [0.15, 0.2) is 0 Å². The highest BCUT2D eigenvalue weighted by atomic mass is 19.1. The lowest BCUT2D eigenvalue weighted by Crippen LogP contribution is -2.38. The van der Waals surface area contributed by atoms with Gasteiger partial charge in [-0.2, -0.15) is 5.10 Å². The van der Waals surface area contributed by atoms with Crippen LogP contribution in [0.1, 0.15) is 30.5 Å². The Bertz CT molecular complexity index is 1040. The van der Waals surface area contributed by atoms with Gasteiger partial charge in [-0.25, -0.2) is 9.18 Å². The van der Waals surface area contributed by atoms with Crippen LogP contribution in [0.3, 0.4) is 0 Å². The molecule has 0 bridgehead atoms. The molecule has 33 heavy (non-hydrogen) atoms. The average molecular weight is 453 g/mol. The van der Waals surface area contributed by atoms with E-state index in [-0.39, 0.29) is 24.9 Å². The number of amides is 2. The average Bonchev–Trinajstić information content (AvgIpc) is 3.30. The van der Waals surface area contributed by atoms with Gasteiger partial charge in [-0.1, -0.05) is 48.9 Å². The van der Waals surface area contributed by atoms with Crippen LogP contribution >= 0.6 is 0 Å². The van der Waals surface area contributed by atoms with E-state index in [0.29, 0.717) is 6.54 Å². The summed E-state index contributed by atoms with van der Waals surface area (Å²) in [5, 5.41) is 9.74. The third-order valence-electron chi connectivity index (χ3n) is 5.21. The molecule has 0 unspecified atom stereocenters. The highest BCUT2D eigenvalue weighted by Gasteiger charge is 2.11. The van der Waals surface area contributed by atoms with Gasteiger partial charge in [0.05, 0.1) is 5.69 Å². The van der Waals surface area contributed by atoms with Crippen molar-refractivity contribution in [3.8, 4) is 11.3 Å². The summed E-state index contributed by atoms with van der Waals surface area (Å²) in [7, 11) is 1.72. The van der Waals surface area contributed by atoms with E-state index >= 15 is 0 Å². The summed E-state index contributed by atoms with van der Waals surface area (Å²) in [6, 6.07) is 17.7. The number of carbonyl (C=O) groups is 2. The van der Waals surface area contributed by atoms with Crippen LogP contribution in [0.25, 0.3) is 11.3 Å². The number of benzene rings is 2. The Morgan fingerprint density at radius 3 is 2.67 bits per heavy atom. The molecular weight excluding hydrogens is 423 g/mol. The van der Waals surface area contributed by atoms with Crippen LogP contribution in [0, 0.1) is 5.82 Å². The van der Waals surface area contributed by atoms with E-state index in [4.69, 9.17) is 4.74 Å². The molecule has 0 radical (unpaired) electrons. The maximum Gasteiger partial charge on any atom is 0.407 e. The van der Waals surface area contributed by atoms with Gasteiger partial charge >= 0.3 is 6.09 Å². The number of aryl methyl sites for hydroxylation is 1. The molecule has 0 saturated heterocycles. The Morgan fingerprint density at radius 2 is 1.88 bits per heavy atom. The maximum absolute atomic E-state index is 13.4. The molecule has 0 aliphatic carbocycles. The SMILES string of the molecule is CN(CCCCCc1cc(-c2cccc(F)c2)n[nH]1)C(=O)CNC(=O)OCc1ccccc1. The summed E-state index contributed by atoms with van der Waals surface area (Å²) < 4.78 is 18.5. The van der Waals surface area contributed by atoms with Gasteiger partial charge in [0.25, 0.3) is 0 Å². The first kappa shape index (κ1) is 24.0. The number of hydrogen-bond donors (Lipinski definition) is 2. The molecule has 7 nitrogen and oxygen atoms in total. The van der Waals surface area contributed by atoms with Crippen molar-refractivity contribution >= 4 is 12.0 Å². The van der Waals surface area contributed by atoms with E-state index in [1.165, 1.54) is 12.1 Å². The smallest absolute Gasteiger partial charge is 0.407 e. The highest BCUT2D eigenvalue weighted by molar-refractivity contribution is 5.82. The fourth-order valence-electron chi connectivity index (χ4n) is 3.31. The lowest BCUT2D eigenvalue weighted by Gasteiger charge is -2.17. The number of likely N-dealkylation sites (N-methyl/N-ethyl adjacent to an activating group) is 1. The minimum absolute atomic E-state index is 0.0961. The summed E-state index contributed by atoms with van der Waals surface area (Å²) in [5.74, 6) is -0.449. The highest BCUT2D eigenvalue weighted by Crippen LogP contribution is 2.19. The second kappa shape index (κ2) is 12.4. The molecule has 2 amide bonds. The molecule has 3 rings (SSSR count). The summed E-state index contributed by atoms with van der Waals surface area (Å²) in [4.78, 5) is 25.5. The molecule has 8 heteroatoms. The number of nitrogens with zero attached hydrogens (tertiary/aromatic N) is 2. The van der Waals surface area contributed by atoms with Crippen molar-refractivity contribution in [2.24, 2.45) is 0 Å². The lowest BCUT2D eigenvalue weighted by atomic mass is 10.1. The minimum Gasteiger partial charge on any atom is -0.445 e. The van der Waals surface area contributed by atoms with Crippen LogP contribution in [0.15, 0.2) is 60.7 Å². The molecule has 3 aromatic rings. The van der Waals surface area contributed by atoms with Crippen LogP contribution in [0.2, 0.25) is 0 Å². The Hall–Kier alpha value is -3.68. The van der Waals surface area contributed by atoms with Crippen molar-refractivity contribution in [1.29, 1.82) is 0 Å². The van der Waals surface area contributed by atoms with Crippen molar-refractivity contribution in [3.63, 3.8) is 0 Å². The van der Waals surface area contributed by atoms with Crippen LogP contribution in [0.5, 0.6) is 0 Å². The molecule has 0 aliphatic rings. The quantitative estimate of drug-likeness (QED) is 0.425. The van der Waals surface area contributed by atoms with Gasteiger partial charge in [0.2, 0.25) is 5.91 Å². The van der Waals surface area contributed by atoms with Crippen molar-refractivity contribution in [2.45, 2.75) is 32.3 Å². The largest absolute Gasteiger partial charge is 0.445 e. The van der Waals surface area contributed by atoms with E-state index in [9.17, 15) is 14.0 Å². The Labute approximate surface area is 193 Å². The van der Waals surface area contributed by atoms with Gasteiger partial charge in [-0.15, -0.1) is 0 Å². The number of halogens is 1. The predicted molar refractivity (Wildman–Crippen MR) is 124 cm³/mol. The number of alkyl carbamates (subject to hydrolysis) is 1. The van der Waals surface area contributed by atoms with Gasteiger partial charge < -0.3 is 15.0 Å². The zero-order chi connectivity index (χ0) is 23.5. The van der Waals surface area contributed by atoms with Crippen LogP contribution in [-0.4, -0.2) is 47.2 Å². The molecule has 174 valence electrons. The number of ether oxygens (including phenoxy) is 1. The van der Waals surface area contributed by atoms with E-state index < -0.39 is 6.09 Å². The standard InChI is InChI=1S/C25H29FN4O3/c1-30(24(31)17-27-25(32)33-18-19-9-4-2-5-10-19)14-7-3-6-13-22-16-23(29-28-22)20-11-8-12-21(26)15-20/h2,4-5,8-12,15-16H,3,6-7,13-14,17-18H2,1H3,(H,27,32)(H,28,29). The summed E-state index contributed by atoms with van der Waals surface area (Å²) in [5.41, 5.74) is 3.35. The second-order valence-electron chi connectivity index (χ2n) is 7.83. The molecule has 0 saturated carbocycles. The van der Waals surface area contributed by atoms with Gasteiger partial charge in [-0.3, -0.25) is 9.89 Å². The third-order valence-corrected chi connectivity index (χ3v) is 5.21. The van der Waals surface area contributed by atoms with Crippen molar-refractivity contribution in [2.75, 3.05) is 20.1 Å². The molecule has 2 aromatic carbocycles. The normalized spacial score (nSPS) is 10.6. The van der Waals surface area contributed by atoms with E-state index in [1.54, 1.807) is 18.0 Å². The predicted octanol–water partition coefficient (Wildman–Crippen LogP) is 4.31. The molecule has 2 N–H and O–H groups in total. The maximum atomic E-state index is 13.4. The molecular formula is C25H29FN4O3. The molecule has 1 aromatic heterocycles. The van der Waals surface area contributed by atoms with E-state index in [0.717, 1.165) is 48.2 Å². The van der Waals surface area contributed by atoms with Gasteiger partial charge in [-0.05, 0) is 43.0 Å². The monoisotopic (exact) mass is 452 g/mol. The topological polar surface area (TPSA) is 87.3 Å². The Kier molecular flexibility index (Phi) is 8.99. The molecule has 0 spiro atoms. The first-order valence-electron chi connectivity index (χ1n) is 11.0. The fourth-order valence-corrected chi connectivity index (χ4v) is 3.31. The number of nitrogens with one attached hydrogen (secondary N) is 2. The van der Waals surface area contributed by atoms with Gasteiger partial charge in [0, 0.05) is 24.8 Å². The molecule has 1 heterocycles. The number of H-pyrrole nitrogens is 1. The summed E-state index contributed by atoms with van der Waals surface area (Å²) >= 11 is 0. The number of rotatable bonds is 11. The number of unbranched alkanes of at least 4 members (excludes halogenated alkanes) is 2. The van der Waals surface area contributed by atoms with Crippen molar-refractivity contribution < 1.29 is 18.7 Å². The summed E-state index contributed by atoms with van der Waals surface area (Å²) in [6.45, 7) is 0.676. The molecule has 0 atom stereocenters. The first-order chi connectivity index (χ1) is 16.0. The first-order valence-corrected chi connectivity index (χ1v) is 11.0. The zero-order valence-corrected chi connectivity index (χ0v) is 18.7. The van der Waals surface area contributed by atoms with Crippen molar-refractivity contribution in [3.05, 3.63) is 77.7 Å². The van der Waals surface area contributed by atoms with Crippen molar-refractivity contribution in [1.82, 2.24) is 20.4 Å². The minimum atomic E-state index is -0.613. The summed E-state index contributed by atoms with van der Waals surface area (Å²) in [6.07, 6.45) is 2.95. The Morgan fingerprint density at radius 1 is 1.06 bits per heavy atom. The lowest BCUT2D eigenvalue weighted by molar-refractivity contribution is -0.128. The number of carbonyl (C=O) groups excluding carboxylic acids is 2. The van der Waals surface area contributed by atoms with Crippen LogP contribution < -0.4 is 5.32 Å². The number of aromatic amines is 1. The second-order valence-corrected chi connectivity index (χ2v) is 7.83. The Balaban J connectivity index is 1.27. The fraction of sp³-hybridized carbons (Fsp3) is 0.320. The molecule has 0 fully saturated rings. The van der Waals surface area contributed by atoms with E-state index in [1.807, 2.05) is 42.5 Å². The third kappa shape index (κ3) is 8.07. The number of hydrogen-bond acceptors (Lipinski definition) is 4. The van der Waals surface area contributed by atoms with Crippen LogP contribution in [-0.2, 0) is 22.6 Å². The van der Waals surface area contributed by atoms with E-state index in [2.05, 4.69) is 15.5 Å².